The molecule has 2 nitrogen and oxygen atoms in total. The predicted molar refractivity (Wildman–Crippen MR) is 78.5 cm³/mol. The molecule has 0 aliphatic carbocycles. The fourth-order valence-electron chi connectivity index (χ4n) is 2.46. The van der Waals surface area contributed by atoms with Crippen molar-refractivity contribution < 1.29 is 17.9 Å². The molecule has 1 unspecified atom stereocenters. The molecule has 5 heteroatoms. The first kappa shape index (κ1) is 17.8. The Morgan fingerprint density at radius 1 is 1.24 bits per heavy atom. The topological polar surface area (TPSA) is 21.3 Å². The molecule has 1 rings (SSSR count). The van der Waals surface area contributed by atoms with Crippen LogP contribution in [0, 0.1) is 0 Å². The highest BCUT2D eigenvalue weighted by molar-refractivity contribution is 5.33. The number of benzene rings is 1. The van der Waals surface area contributed by atoms with Crippen LogP contribution in [-0.4, -0.2) is 18.9 Å². The molecule has 0 heterocycles. The summed E-state index contributed by atoms with van der Waals surface area (Å²) in [4.78, 5) is 0. The van der Waals surface area contributed by atoms with Crippen molar-refractivity contribution in [1.29, 1.82) is 0 Å². The van der Waals surface area contributed by atoms with Crippen molar-refractivity contribution in [1.82, 2.24) is 5.32 Å². The molecule has 0 aromatic heterocycles. The summed E-state index contributed by atoms with van der Waals surface area (Å²) >= 11 is 0. The van der Waals surface area contributed by atoms with Gasteiger partial charge in [-0.1, -0.05) is 32.9 Å². The molecule has 0 amide bonds. The molecule has 0 aliphatic rings. The summed E-state index contributed by atoms with van der Waals surface area (Å²) in [5.74, 6) is -0.165. The van der Waals surface area contributed by atoms with Gasteiger partial charge in [-0.3, -0.25) is 0 Å². The molecule has 0 radical (unpaired) electrons. The second-order valence-corrected chi connectivity index (χ2v) is 6.02. The molecule has 0 bridgehead atoms. The first-order chi connectivity index (χ1) is 9.64. The Morgan fingerprint density at radius 2 is 1.90 bits per heavy atom. The van der Waals surface area contributed by atoms with Crippen LogP contribution in [0.5, 0.6) is 5.75 Å². The van der Waals surface area contributed by atoms with Gasteiger partial charge in [0.25, 0.3) is 0 Å². The Kier molecular flexibility index (Phi) is 6.08. The average molecular weight is 303 g/mol. The molecule has 0 saturated heterocycles. The van der Waals surface area contributed by atoms with Gasteiger partial charge in [-0.25, -0.2) is 0 Å². The van der Waals surface area contributed by atoms with E-state index in [0.29, 0.717) is 6.04 Å². The molecule has 0 saturated carbocycles. The van der Waals surface area contributed by atoms with Crippen LogP contribution in [-0.2, 0) is 5.41 Å². The zero-order valence-corrected chi connectivity index (χ0v) is 13.1. The van der Waals surface area contributed by atoms with E-state index in [1.807, 2.05) is 19.9 Å². The lowest BCUT2D eigenvalue weighted by Crippen LogP contribution is -2.33. The predicted octanol–water partition coefficient (Wildman–Crippen LogP) is 4.64. The molecule has 0 spiro atoms. The van der Waals surface area contributed by atoms with Gasteiger partial charge in [0.1, 0.15) is 5.75 Å². The van der Waals surface area contributed by atoms with Gasteiger partial charge in [0.15, 0.2) is 0 Å². The van der Waals surface area contributed by atoms with E-state index in [9.17, 15) is 13.2 Å². The number of nitrogens with one attached hydrogen (secondary N) is 1. The second kappa shape index (κ2) is 7.16. The number of rotatable bonds is 7. The van der Waals surface area contributed by atoms with E-state index in [2.05, 4.69) is 23.9 Å². The van der Waals surface area contributed by atoms with E-state index in [1.54, 1.807) is 6.07 Å². The first-order valence-electron chi connectivity index (χ1n) is 7.24. The van der Waals surface area contributed by atoms with Gasteiger partial charge in [-0.2, -0.15) is 0 Å². The number of halogens is 3. The maximum absolute atomic E-state index is 12.3. The van der Waals surface area contributed by atoms with E-state index in [-0.39, 0.29) is 11.2 Å². The molecule has 1 atom stereocenters. The molecule has 0 aliphatic heterocycles. The maximum Gasteiger partial charge on any atom is 0.573 e. The van der Waals surface area contributed by atoms with Gasteiger partial charge in [0.05, 0.1) is 0 Å². The minimum absolute atomic E-state index is 0.165. The summed E-state index contributed by atoms with van der Waals surface area (Å²) in [6.45, 7) is 9.19. The van der Waals surface area contributed by atoms with Crippen LogP contribution in [0.1, 0.15) is 46.1 Å². The van der Waals surface area contributed by atoms with Crippen LogP contribution in [0.2, 0.25) is 0 Å². The molecular formula is C16H24F3NO. The number of hydrogen-bond acceptors (Lipinski definition) is 2. The van der Waals surface area contributed by atoms with Crippen molar-refractivity contribution in [2.24, 2.45) is 0 Å². The highest BCUT2D eigenvalue weighted by atomic mass is 19.4. The first-order valence-corrected chi connectivity index (χ1v) is 7.24. The van der Waals surface area contributed by atoms with Crippen molar-refractivity contribution in [3.8, 4) is 5.75 Å². The minimum atomic E-state index is -4.65. The summed E-state index contributed by atoms with van der Waals surface area (Å²) in [6, 6.07) is 6.54. The monoisotopic (exact) mass is 303 g/mol. The van der Waals surface area contributed by atoms with Gasteiger partial charge in [-0.15, -0.1) is 13.2 Å². The van der Waals surface area contributed by atoms with E-state index in [4.69, 9.17) is 0 Å². The molecule has 0 fully saturated rings. The molecule has 1 aromatic rings. The van der Waals surface area contributed by atoms with Crippen LogP contribution in [0.15, 0.2) is 24.3 Å². The summed E-state index contributed by atoms with van der Waals surface area (Å²) in [7, 11) is 0. The Hall–Kier alpha value is -1.23. The lowest BCUT2D eigenvalue weighted by Gasteiger charge is -2.29. The lowest BCUT2D eigenvalue weighted by molar-refractivity contribution is -0.274. The quantitative estimate of drug-likeness (QED) is 0.792. The third kappa shape index (κ3) is 6.38. The lowest BCUT2D eigenvalue weighted by atomic mass is 9.79. The Bertz CT molecular complexity index is 443. The van der Waals surface area contributed by atoms with Crippen LogP contribution >= 0.6 is 0 Å². The summed E-state index contributed by atoms with van der Waals surface area (Å²) in [5, 5.41) is 3.40. The van der Waals surface area contributed by atoms with Crippen molar-refractivity contribution in [3.05, 3.63) is 29.8 Å². The van der Waals surface area contributed by atoms with E-state index >= 15 is 0 Å². The van der Waals surface area contributed by atoms with Gasteiger partial charge in [0.2, 0.25) is 0 Å². The minimum Gasteiger partial charge on any atom is -0.406 e. The third-order valence-corrected chi connectivity index (χ3v) is 3.41. The summed E-state index contributed by atoms with van der Waals surface area (Å²) < 4.78 is 40.9. The number of alkyl halides is 3. The Balaban J connectivity index is 2.80. The largest absolute Gasteiger partial charge is 0.573 e. The van der Waals surface area contributed by atoms with E-state index in [1.165, 1.54) is 12.1 Å². The molecule has 1 aromatic carbocycles. The van der Waals surface area contributed by atoms with Crippen LogP contribution < -0.4 is 10.1 Å². The normalized spacial score (nSPS) is 14.0. The summed E-state index contributed by atoms with van der Waals surface area (Å²) in [5.41, 5.74) is 0.611. The van der Waals surface area contributed by atoms with Crippen molar-refractivity contribution in [3.63, 3.8) is 0 Å². The average Bonchev–Trinajstić information content (AvgIpc) is 2.34. The third-order valence-electron chi connectivity index (χ3n) is 3.41. The van der Waals surface area contributed by atoms with Crippen molar-refractivity contribution >= 4 is 0 Å². The molecule has 1 N–H and O–H groups in total. The van der Waals surface area contributed by atoms with Gasteiger partial charge < -0.3 is 10.1 Å². The van der Waals surface area contributed by atoms with E-state index < -0.39 is 6.36 Å². The zero-order chi connectivity index (χ0) is 16.1. The van der Waals surface area contributed by atoms with Crippen molar-refractivity contribution in [2.75, 3.05) is 6.54 Å². The molecular weight excluding hydrogens is 279 g/mol. The van der Waals surface area contributed by atoms with E-state index in [0.717, 1.165) is 24.9 Å². The Morgan fingerprint density at radius 3 is 2.48 bits per heavy atom. The highest BCUT2D eigenvalue weighted by Gasteiger charge is 2.32. The number of ether oxygens (including phenoxy) is 1. The fraction of sp³-hybridized carbons (Fsp3) is 0.625. The van der Waals surface area contributed by atoms with Crippen molar-refractivity contribution in [2.45, 2.75) is 58.4 Å². The fourth-order valence-corrected chi connectivity index (χ4v) is 2.46. The molecule has 21 heavy (non-hydrogen) atoms. The standard InChI is InChI=1S/C16H24F3NO/c1-5-9-20-12(2)11-15(3,4)13-7-6-8-14(10-13)21-16(17,18)19/h6-8,10,12,20H,5,9,11H2,1-4H3. The van der Waals surface area contributed by atoms with Crippen LogP contribution in [0.25, 0.3) is 0 Å². The SMILES string of the molecule is CCCNC(C)CC(C)(C)c1cccc(OC(F)(F)F)c1. The van der Waals surface area contributed by atoms with Crippen LogP contribution in [0.4, 0.5) is 13.2 Å². The smallest absolute Gasteiger partial charge is 0.406 e. The summed E-state index contributed by atoms with van der Waals surface area (Å²) in [6.07, 6.45) is -2.76. The Labute approximate surface area is 124 Å². The second-order valence-electron chi connectivity index (χ2n) is 6.02. The number of hydrogen-bond donors (Lipinski definition) is 1. The molecule has 120 valence electrons. The van der Waals surface area contributed by atoms with Gasteiger partial charge in [-0.05, 0) is 49.4 Å². The highest BCUT2D eigenvalue weighted by Crippen LogP contribution is 2.32. The van der Waals surface area contributed by atoms with Gasteiger partial charge >= 0.3 is 6.36 Å². The van der Waals surface area contributed by atoms with Gasteiger partial charge in [0, 0.05) is 6.04 Å². The maximum atomic E-state index is 12.3. The van der Waals surface area contributed by atoms with Crippen LogP contribution in [0.3, 0.4) is 0 Å². The zero-order valence-electron chi connectivity index (χ0n) is 13.1.